The van der Waals surface area contributed by atoms with Crippen LogP contribution in [-0.2, 0) is 24.4 Å². The molecule has 3 fully saturated rings. The summed E-state index contributed by atoms with van der Waals surface area (Å²) in [7, 11) is -4.00. The molecule has 294 valence electrons. The van der Waals surface area contributed by atoms with Crippen molar-refractivity contribution in [1.29, 1.82) is 0 Å². The normalized spacial score (nSPS) is 27.1. The zero-order valence-corrected chi connectivity index (χ0v) is 32.4. The van der Waals surface area contributed by atoms with E-state index in [2.05, 4.69) is 15.0 Å². The molecule has 2 aromatic carbocycles. The van der Waals surface area contributed by atoms with Gasteiger partial charge in [-0.05, 0) is 81.0 Å². The van der Waals surface area contributed by atoms with Gasteiger partial charge in [-0.3, -0.25) is 23.9 Å². The number of allylic oxidation sites excluding steroid dienone is 2. The third-order valence-electron chi connectivity index (χ3n) is 11.9. The molecule has 15 heteroatoms. The number of para-hydroxylation sites is 1. The summed E-state index contributed by atoms with van der Waals surface area (Å²) in [6.45, 7) is 1.47. The van der Waals surface area contributed by atoms with Crippen LogP contribution in [0.2, 0.25) is 0 Å². The topological polar surface area (TPSA) is 152 Å². The van der Waals surface area contributed by atoms with Gasteiger partial charge in [0.25, 0.3) is 5.91 Å². The van der Waals surface area contributed by atoms with Crippen LogP contribution in [0.3, 0.4) is 0 Å². The van der Waals surface area contributed by atoms with Crippen LogP contribution in [-0.4, -0.2) is 71.3 Å². The zero-order valence-electron chi connectivity index (χ0n) is 30.8. The summed E-state index contributed by atoms with van der Waals surface area (Å²) in [5.41, 5.74) is -0.778. The van der Waals surface area contributed by atoms with Gasteiger partial charge in [0.15, 0.2) is 10.9 Å². The van der Waals surface area contributed by atoms with Crippen LogP contribution in [0.15, 0.2) is 66.7 Å². The number of rotatable bonds is 7. The molecule has 0 spiro atoms. The van der Waals surface area contributed by atoms with Crippen LogP contribution in [0, 0.1) is 22.3 Å². The summed E-state index contributed by atoms with van der Waals surface area (Å²) >= 11 is 0.653. The van der Waals surface area contributed by atoms with Gasteiger partial charge in [-0.25, -0.2) is 17.8 Å². The fraction of sp³-hybridized carbons (Fsp3) is 0.439. The Balaban J connectivity index is 1.14. The fourth-order valence-corrected chi connectivity index (χ4v) is 10.1. The van der Waals surface area contributed by atoms with Crippen molar-refractivity contribution in [2.24, 2.45) is 11.3 Å². The standard InChI is InChI=1S/C41H42F2N4O7S2/c1-40(18-19-40)56(52,53)46-39(51)41-21-24(41)10-5-3-2-4-6-15-30(44-36(49)33-16-17-34(43)55-33)38(50)47-23-25(20-31(47)32(48)22-41)54-37-35-27(12-9-13-28(35)42)26-11-7-8-14-29(26)45-37/h5,7-14,16-17,24-25,30-31H,2-4,6,15,18-23H2,1H3,(H,44,49)(H,46,51)/b10-5-/t24-,25-,30+,31+,41-/m1/s1. The molecule has 3 amide bonds. The maximum atomic E-state index is 15.5. The second kappa shape index (κ2) is 14.6. The molecule has 1 saturated heterocycles. The first-order valence-corrected chi connectivity index (χ1v) is 21.3. The predicted molar refractivity (Wildman–Crippen MR) is 206 cm³/mol. The van der Waals surface area contributed by atoms with E-state index < -0.39 is 72.8 Å². The SMILES string of the molecule is CC1(S(=O)(=O)NC(=O)[C@]23CC(=O)[C@@H]4C[C@@H](Oc5nc6ccccc6c6cccc(F)c56)CN4C(=O)[C@@H](NC(=O)c4ccc(F)s4)CCCCC/C=C\[C@@H]2C3)CC1. The average Bonchev–Trinajstić information content (AvgIpc) is 3.97. The van der Waals surface area contributed by atoms with Crippen molar-refractivity contribution >= 4 is 66.5 Å². The number of hydrogen-bond donors (Lipinski definition) is 2. The van der Waals surface area contributed by atoms with Crippen molar-refractivity contribution in [3.63, 3.8) is 0 Å². The van der Waals surface area contributed by atoms with E-state index in [1.54, 1.807) is 31.2 Å². The number of carbonyl (C=O) groups excluding carboxylic acids is 4. The van der Waals surface area contributed by atoms with E-state index in [-0.39, 0.29) is 54.3 Å². The minimum absolute atomic E-state index is 0.00367. The molecule has 4 heterocycles. The highest BCUT2D eigenvalue weighted by molar-refractivity contribution is 7.91. The second-order valence-electron chi connectivity index (χ2n) is 15.8. The molecular weight excluding hydrogens is 763 g/mol. The number of aromatic nitrogens is 1. The highest BCUT2D eigenvalue weighted by Gasteiger charge is 2.62. The van der Waals surface area contributed by atoms with Crippen molar-refractivity contribution in [3.05, 3.63) is 82.6 Å². The first-order valence-electron chi connectivity index (χ1n) is 19.1. The number of carbonyl (C=O) groups is 4. The van der Waals surface area contributed by atoms with Crippen LogP contribution >= 0.6 is 11.3 Å². The molecule has 2 aliphatic heterocycles. The Morgan fingerprint density at radius 1 is 1.00 bits per heavy atom. The summed E-state index contributed by atoms with van der Waals surface area (Å²) in [5.74, 6) is -3.32. The Hall–Kier alpha value is -4.76. The zero-order chi connectivity index (χ0) is 39.4. The molecule has 2 aliphatic carbocycles. The molecule has 4 aromatic rings. The molecule has 0 radical (unpaired) electrons. The van der Waals surface area contributed by atoms with Gasteiger partial charge in [-0.1, -0.05) is 55.3 Å². The summed E-state index contributed by atoms with van der Waals surface area (Å²) in [6.07, 6.45) is 6.69. The molecule has 0 unspecified atom stereocenters. The van der Waals surface area contributed by atoms with Crippen molar-refractivity contribution in [1.82, 2.24) is 19.9 Å². The van der Waals surface area contributed by atoms with Gasteiger partial charge in [0.05, 0.1) is 38.5 Å². The lowest BCUT2D eigenvalue weighted by molar-refractivity contribution is -0.140. The smallest absolute Gasteiger partial charge is 0.262 e. The largest absolute Gasteiger partial charge is 0.472 e. The van der Waals surface area contributed by atoms with Gasteiger partial charge < -0.3 is 15.0 Å². The molecule has 0 bridgehead atoms. The number of halogens is 2. The number of nitrogens with one attached hydrogen (secondary N) is 2. The predicted octanol–water partition coefficient (Wildman–Crippen LogP) is 6.36. The Kier molecular flexibility index (Phi) is 9.96. The number of thiophene rings is 1. The highest BCUT2D eigenvalue weighted by atomic mass is 32.2. The summed E-state index contributed by atoms with van der Waals surface area (Å²) in [6, 6.07) is 12.2. The number of nitrogens with zero attached hydrogens (tertiary/aromatic N) is 2. The first-order chi connectivity index (χ1) is 26.8. The van der Waals surface area contributed by atoms with E-state index in [9.17, 15) is 32.0 Å². The Morgan fingerprint density at radius 2 is 1.79 bits per heavy atom. The lowest BCUT2D eigenvalue weighted by Crippen LogP contribution is -2.52. The number of ether oxygens (including phenoxy) is 1. The molecule has 2 saturated carbocycles. The molecule has 2 N–H and O–H groups in total. The van der Waals surface area contributed by atoms with E-state index in [0.717, 1.165) is 11.8 Å². The Bertz CT molecular complexity index is 2400. The molecule has 5 atom stereocenters. The summed E-state index contributed by atoms with van der Waals surface area (Å²) < 4.78 is 63.5. The average molecular weight is 805 g/mol. The lowest BCUT2D eigenvalue weighted by atomic mass is 9.91. The van der Waals surface area contributed by atoms with Gasteiger partial charge in [0, 0.05) is 18.2 Å². The second-order valence-corrected chi connectivity index (χ2v) is 19.0. The lowest BCUT2D eigenvalue weighted by Gasteiger charge is -2.29. The number of ketones is 1. The molecule has 8 rings (SSSR count). The van der Waals surface area contributed by atoms with Gasteiger partial charge in [-0.15, -0.1) is 11.3 Å². The van der Waals surface area contributed by atoms with Crippen LogP contribution in [0.25, 0.3) is 21.7 Å². The molecule has 11 nitrogen and oxygen atoms in total. The number of benzene rings is 2. The maximum absolute atomic E-state index is 15.5. The molecular formula is C41H42F2N4O7S2. The minimum Gasteiger partial charge on any atom is -0.472 e. The van der Waals surface area contributed by atoms with Crippen LogP contribution in [0.5, 0.6) is 5.88 Å². The van der Waals surface area contributed by atoms with Crippen LogP contribution < -0.4 is 14.8 Å². The van der Waals surface area contributed by atoms with Crippen molar-refractivity contribution in [2.45, 2.75) is 94.1 Å². The summed E-state index contributed by atoms with van der Waals surface area (Å²) in [4.78, 5) is 62.5. The van der Waals surface area contributed by atoms with Crippen molar-refractivity contribution in [3.8, 4) is 5.88 Å². The summed E-state index contributed by atoms with van der Waals surface area (Å²) in [5, 5.41) is 3.67. The number of fused-ring (bicyclic) bond motifs is 5. The Morgan fingerprint density at radius 3 is 2.55 bits per heavy atom. The van der Waals surface area contributed by atoms with Crippen LogP contribution in [0.4, 0.5) is 8.78 Å². The van der Waals surface area contributed by atoms with Gasteiger partial charge in [0.2, 0.25) is 27.7 Å². The number of hydrogen-bond acceptors (Lipinski definition) is 9. The maximum Gasteiger partial charge on any atom is 0.262 e. The minimum atomic E-state index is -4.00. The van der Waals surface area contributed by atoms with E-state index in [1.165, 1.54) is 23.1 Å². The van der Waals surface area contributed by atoms with E-state index >= 15 is 4.39 Å². The van der Waals surface area contributed by atoms with Crippen molar-refractivity contribution in [2.75, 3.05) is 6.54 Å². The number of sulfonamides is 1. The van der Waals surface area contributed by atoms with E-state index in [1.807, 2.05) is 24.3 Å². The van der Waals surface area contributed by atoms with Crippen LogP contribution in [0.1, 0.15) is 80.8 Å². The molecule has 56 heavy (non-hydrogen) atoms. The number of pyridine rings is 1. The third kappa shape index (κ3) is 7.19. The van der Waals surface area contributed by atoms with Gasteiger partial charge in [0.1, 0.15) is 18.0 Å². The number of amides is 3. The van der Waals surface area contributed by atoms with E-state index in [0.29, 0.717) is 54.3 Å². The van der Waals surface area contributed by atoms with Crippen molar-refractivity contribution < 1.29 is 41.1 Å². The Labute approximate surface area is 326 Å². The van der Waals surface area contributed by atoms with Gasteiger partial charge >= 0.3 is 0 Å². The molecule has 2 aromatic heterocycles. The fourth-order valence-electron chi connectivity index (χ4n) is 8.13. The number of Topliss-reactive ketones (excluding diaryl/α,β-unsaturated/α-hetero) is 1. The quantitative estimate of drug-likeness (QED) is 0.162. The monoisotopic (exact) mass is 804 g/mol. The third-order valence-corrected chi connectivity index (χ3v) is 14.9. The highest BCUT2D eigenvalue weighted by Crippen LogP contribution is 2.57. The molecule has 4 aliphatic rings. The van der Waals surface area contributed by atoms with E-state index in [4.69, 9.17) is 4.74 Å². The first kappa shape index (κ1) is 38.1. The van der Waals surface area contributed by atoms with Gasteiger partial charge in [-0.2, -0.15) is 4.39 Å².